The van der Waals surface area contributed by atoms with Crippen molar-refractivity contribution in [2.45, 2.75) is 45.7 Å². The fourth-order valence-electron chi connectivity index (χ4n) is 2.11. The molecule has 0 amide bonds. The van der Waals surface area contributed by atoms with Gasteiger partial charge < -0.3 is 4.74 Å². The first kappa shape index (κ1) is 11.7. The van der Waals surface area contributed by atoms with E-state index in [-0.39, 0.29) is 11.3 Å². The van der Waals surface area contributed by atoms with Crippen molar-refractivity contribution in [2.75, 3.05) is 19.8 Å². The Bertz CT molecular complexity index is 217. The minimum Gasteiger partial charge on any atom is -0.379 e. The molecule has 0 spiro atoms. The smallest absolute Gasteiger partial charge is 0.149 e. The largest absolute Gasteiger partial charge is 0.379 e. The van der Waals surface area contributed by atoms with E-state index in [1.54, 1.807) is 6.92 Å². The number of Topliss-reactive ketones (excluding diaryl/α,β-unsaturated/α-hetero) is 1. The number of nitrogens with zero attached hydrogens (tertiary/aromatic N) is 1. The maximum atomic E-state index is 11.7. The quantitative estimate of drug-likeness (QED) is 0.689. The number of carbonyl (C=O) groups excluding carboxylic acids is 1. The van der Waals surface area contributed by atoms with Gasteiger partial charge in [0.15, 0.2) is 0 Å². The van der Waals surface area contributed by atoms with Gasteiger partial charge in [0.1, 0.15) is 5.78 Å². The molecule has 82 valence electrons. The van der Waals surface area contributed by atoms with Crippen molar-refractivity contribution in [1.29, 1.82) is 0 Å². The first-order valence-electron chi connectivity index (χ1n) is 5.38. The van der Waals surface area contributed by atoms with Gasteiger partial charge in [-0.3, -0.25) is 9.69 Å². The Labute approximate surface area is 86.4 Å². The van der Waals surface area contributed by atoms with Gasteiger partial charge >= 0.3 is 0 Å². The third-order valence-electron chi connectivity index (χ3n) is 3.45. The minimum atomic E-state index is -0.302. The van der Waals surface area contributed by atoms with E-state index < -0.39 is 0 Å². The Morgan fingerprint density at radius 2 is 2.29 bits per heavy atom. The second-order valence-corrected chi connectivity index (χ2v) is 4.30. The number of ether oxygens (including phenoxy) is 1. The second kappa shape index (κ2) is 4.41. The summed E-state index contributed by atoms with van der Waals surface area (Å²) in [5.74, 6) is 0.258. The average Bonchev–Trinajstić information content (AvgIpc) is 2.17. The van der Waals surface area contributed by atoms with Crippen LogP contribution >= 0.6 is 0 Å². The molecule has 3 heteroatoms. The van der Waals surface area contributed by atoms with E-state index in [1.165, 1.54) is 0 Å². The maximum Gasteiger partial charge on any atom is 0.149 e. The summed E-state index contributed by atoms with van der Waals surface area (Å²) in [5.41, 5.74) is -0.302. The third-order valence-corrected chi connectivity index (χ3v) is 3.45. The van der Waals surface area contributed by atoms with Crippen LogP contribution in [0.3, 0.4) is 0 Å². The summed E-state index contributed by atoms with van der Waals surface area (Å²) in [6.07, 6.45) is 0.868. The molecular formula is C11H21NO2. The van der Waals surface area contributed by atoms with Crippen molar-refractivity contribution in [3.8, 4) is 0 Å². The molecule has 1 aliphatic heterocycles. The summed E-state index contributed by atoms with van der Waals surface area (Å²) in [4.78, 5) is 13.9. The highest BCUT2D eigenvalue weighted by molar-refractivity contribution is 5.85. The molecule has 0 saturated carbocycles. The lowest BCUT2D eigenvalue weighted by atomic mass is 9.90. The molecule has 0 aromatic carbocycles. The average molecular weight is 199 g/mol. The Hall–Kier alpha value is -0.410. The molecule has 0 aromatic heterocycles. The lowest BCUT2D eigenvalue weighted by Gasteiger charge is -2.45. The summed E-state index contributed by atoms with van der Waals surface area (Å²) in [6, 6.07) is 0.345. The van der Waals surface area contributed by atoms with E-state index in [4.69, 9.17) is 4.74 Å². The molecule has 1 aliphatic rings. The minimum absolute atomic E-state index is 0.258. The van der Waals surface area contributed by atoms with Crippen LogP contribution in [0.2, 0.25) is 0 Å². The highest BCUT2D eigenvalue weighted by Crippen LogP contribution is 2.24. The van der Waals surface area contributed by atoms with Crippen molar-refractivity contribution in [3.05, 3.63) is 0 Å². The Balaban J connectivity index is 2.81. The zero-order chi connectivity index (χ0) is 10.8. The van der Waals surface area contributed by atoms with Crippen LogP contribution < -0.4 is 0 Å². The summed E-state index contributed by atoms with van der Waals surface area (Å²) in [7, 11) is 0. The fourth-order valence-corrected chi connectivity index (χ4v) is 2.11. The monoisotopic (exact) mass is 199 g/mol. The molecule has 0 bridgehead atoms. The molecule has 0 N–H and O–H groups in total. The molecule has 0 aliphatic carbocycles. The highest BCUT2D eigenvalue weighted by atomic mass is 16.5. The number of hydrogen-bond acceptors (Lipinski definition) is 3. The van der Waals surface area contributed by atoms with Gasteiger partial charge in [-0.05, 0) is 27.2 Å². The summed E-state index contributed by atoms with van der Waals surface area (Å²) in [6.45, 7) is 10.3. The SMILES string of the molecule is CCC(C)(C(C)=O)N1CCOCC1C. The molecule has 1 saturated heterocycles. The van der Waals surface area contributed by atoms with Crippen LogP contribution in [0.25, 0.3) is 0 Å². The Morgan fingerprint density at radius 1 is 1.64 bits per heavy atom. The highest BCUT2D eigenvalue weighted by Gasteiger charge is 2.38. The topological polar surface area (TPSA) is 29.5 Å². The molecule has 1 rings (SSSR count). The lowest BCUT2D eigenvalue weighted by molar-refractivity contribution is -0.135. The Morgan fingerprint density at radius 3 is 2.71 bits per heavy atom. The fraction of sp³-hybridized carbons (Fsp3) is 0.909. The molecule has 14 heavy (non-hydrogen) atoms. The van der Waals surface area contributed by atoms with E-state index >= 15 is 0 Å². The first-order valence-corrected chi connectivity index (χ1v) is 5.38. The summed E-state index contributed by atoms with van der Waals surface area (Å²) >= 11 is 0. The van der Waals surface area contributed by atoms with Crippen LogP contribution in [0.15, 0.2) is 0 Å². The van der Waals surface area contributed by atoms with Gasteiger partial charge in [0.25, 0.3) is 0 Å². The molecule has 0 aromatic rings. The number of rotatable bonds is 3. The van der Waals surface area contributed by atoms with Crippen molar-refractivity contribution >= 4 is 5.78 Å². The normalized spacial score (nSPS) is 28.4. The first-order chi connectivity index (χ1) is 6.52. The van der Waals surface area contributed by atoms with Crippen LogP contribution in [0.1, 0.15) is 34.1 Å². The standard InChI is InChI=1S/C11H21NO2/c1-5-11(4,10(3)13)12-6-7-14-8-9(12)2/h9H,5-8H2,1-4H3. The second-order valence-electron chi connectivity index (χ2n) is 4.30. The molecule has 3 nitrogen and oxygen atoms in total. The zero-order valence-electron chi connectivity index (χ0n) is 9.67. The molecular weight excluding hydrogens is 178 g/mol. The van der Waals surface area contributed by atoms with Crippen molar-refractivity contribution in [2.24, 2.45) is 0 Å². The van der Waals surface area contributed by atoms with Crippen LogP contribution in [0.4, 0.5) is 0 Å². The van der Waals surface area contributed by atoms with E-state index in [9.17, 15) is 4.79 Å². The number of carbonyl (C=O) groups is 1. The summed E-state index contributed by atoms with van der Waals surface area (Å²) in [5, 5.41) is 0. The number of morpholine rings is 1. The van der Waals surface area contributed by atoms with Gasteiger partial charge in [-0.1, -0.05) is 6.92 Å². The molecule has 2 unspecified atom stereocenters. The molecule has 0 radical (unpaired) electrons. The van der Waals surface area contributed by atoms with Gasteiger partial charge in [0.05, 0.1) is 18.8 Å². The van der Waals surface area contributed by atoms with Gasteiger partial charge in [-0.15, -0.1) is 0 Å². The van der Waals surface area contributed by atoms with Gasteiger partial charge in [0, 0.05) is 12.6 Å². The van der Waals surface area contributed by atoms with Crippen molar-refractivity contribution in [3.63, 3.8) is 0 Å². The molecule has 1 fully saturated rings. The lowest BCUT2D eigenvalue weighted by Crippen LogP contribution is -2.59. The van der Waals surface area contributed by atoms with Crippen molar-refractivity contribution < 1.29 is 9.53 Å². The third kappa shape index (κ3) is 1.98. The van der Waals surface area contributed by atoms with Crippen LogP contribution in [0.5, 0.6) is 0 Å². The van der Waals surface area contributed by atoms with Crippen LogP contribution in [0, 0.1) is 0 Å². The molecule has 1 heterocycles. The summed E-state index contributed by atoms with van der Waals surface area (Å²) < 4.78 is 5.38. The molecule has 2 atom stereocenters. The predicted molar refractivity (Wildman–Crippen MR) is 56.4 cm³/mol. The number of ketones is 1. The number of hydrogen-bond donors (Lipinski definition) is 0. The Kier molecular flexibility index (Phi) is 3.67. The van der Waals surface area contributed by atoms with Crippen LogP contribution in [-0.2, 0) is 9.53 Å². The predicted octanol–water partition coefficient (Wildman–Crippen LogP) is 1.46. The maximum absolute atomic E-state index is 11.7. The van der Waals surface area contributed by atoms with E-state index in [0.29, 0.717) is 6.04 Å². The van der Waals surface area contributed by atoms with Crippen LogP contribution in [-0.4, -0.2) is 42.0 Å². The van der Waals surface area contributed by atoms with Gasteiger partial charge in [-0.25, -0.2) is 0 Å². The van der Waals surface area contributed by atoms with E-state index in [2.05, 4.69) is 18.7 Å². The zero-order valence-corrected chi connectivity index (χ0v) is 9.67. The van der Waals surface area contributed by atoms with E-state index in [0.717, 1.165) is 26.2 Å². The van der Waals surface area contributed by atoms with Gasteiger partial charge in [0.2, 0.25) is 0 Å². The van der Waals surface area contributed by atoms with E-state index in [1.807, 2.05) is 6.92 Å². The van der Waals surface area contributed by atoms with Crippen molar-refractivity contribution in [1.82, 2.24) is 4.90 Å². The van der Waals surface area contributed by atoms with Gasteiger partial charge in [-0.2, -0.15) is 0 Å².